The summed E-state index contributed by atoms with van der Waals surface area (Å²) in [5.74, 6) is 0.0713. The van der Waals surface area contributed by atoms with Crippen molar-refractivity contribution in [2.24, 2.45) is 0 Å². The molecule has 0 aliphatic carbocycles. The quantitative estimate of drug-likeness (QED) is 0.848. The van der Waals surface area contributed by atoms with E-state index in [9.17, 15) is 4.79 Å². The highest BCUT2D eigenvalue weighted by molar-refractivity contribution is 6.34. The monoisotopic (exact) mass is 376 g/mol. The second kappa shape index (κ2) is 8.15. The molecule has 142 valence electrons. The largest absolute Gasteiger partial charge is 0.380 e. The predicted molar refractivity (Wildman–Crippen MR) is 106 cm³/mol. The van der Waals surface area contributed by atoms with E-state index in [1.807, 2.05) is 23.1 Å². The first-order chi connectivity index (χ1) is 12.7. The normalized spacial score (nSPS) is 22.9. The molecule has 26 heavy (non-hydrogen) atoms. The number of hydrogen-bond acceptors (Lipinski definition) is 4. The van der Waals surface area contributed by atoms with Crippen LogP contribution in [0, 0.1) is 0 Å². The molecule has 5 nitrogen and oxygen atoms in total. The van der Waals surface area contributed by atoms with Crippen LogP contribution in [-0.2, 0) is 0 Å². The van der Waals surface area contributed by atoms with Crippen molar-refractivity contribution in [1.82, 2.24) is 15.1 Å². The fourth-order valence-electron chi connectivity index (χ4n) is 4.36. The molecule has 0 aromatic heterocycles. The third-order valence-corrected chi connectivity index (χ3v) is 6.26. The van der Waals surface area contributed by atoms with Gasteiger partial charge in [0.05, 0.1) is 16.6 Å². The minimum Gasteiger partial charge on any atom is -0.380 e. The number of rotatable bonds is 4. The van der Waals surface area contributed by atoms with Gasteiger partial charge >= 0.3 is 0 Å². The maximum atomic E-state index is 12.6. The number of amides is 1. The van der Waals surface area contributed by atoms with Crippen LogP contribution in [0.4, 0.5) is 5.69 Å². The summed E-state index contributed by atoms with van der Waals surface area (Å²) in [6.07, 6.45) is 5.92. The van der Waals surface area contributed by atoms with E-state index < -0.39 is 0 Å². The van der Waals surface area contributed by atoms with Crippen LogP contribution < -0.4 is 10.6 Å². The predicted octanol–water partition coefficient (Wildman–Crippen LogP) is 2.81. The summed E-state index contributed by atoms with van der Waals surface area (Å²) in [4.78, 5) is 17.2. The van der Waals surface area contributed by atoms with Gasteiger partial charge < -0.3 is 15.5 Å². The number of carbonyl (C=O) groups is 1. The smallest absolute Gasteiger partial charge is 0.255 e. The number of hydrogen-bond donors (Lipinski definition) is 2. The van der Waals surface area contributed by atoms with Crippen LogP contribution in [0.1, 0.15) is 42.5 Å². The molecule has 1 aromatic rings. The molecule has 0 saturated carbocycles. The van der Waals surface area contributed by atoms with Gasteiger partial charge in [-0.05, 0) is 63.4 Å². The molecule has 4 rings (SSSR count). The minimum absolute atomic E-state index is 0.0713. The molecule has 1 aromatic carbocycles. The molecule has 0 spiro atoms. The minimum atomic E-state index is 0.0713. The Morgan fingerprint density at radius 2 is 1.85 bits per heavy atom. The maximum absolute atomic E-state index is 12.6. The van der Waals surface area contributed by atoms with Crippen molar-refractivity contribution in [3.63, 3.8) is 0 Å². The molecule has 0 bridgehead atoms. The van der Waals surface area contributed by atoms with E-state index >= 15 is 0 Å². The molecule has 0 atom stereocenters. The molecule has 0 radical (unpaired) electrons. The lowest BCUT2D eigenvalue weighted by Crippen LogP contribution is -2.60. The second-order valence-corrected chi connectivity index (χ2v) is 8.23. The number of likely N-dealkylation sites (tertiary alicyclic amines) is 2. The summed E-state index contributed by atoms with van der Waals surface area (Å²) in [5.41, 5.74) is 1.64. The number of nitrogens with one attached hydrogen (secondary N) is 2. The Labute approximate surface area is 161 Å². The van der Waals surface area contributed by atoms with Crippen LogP contribution in [0.15, 0.2) is 18.2 Å². The van der Waals surface area contributed by atoms with Crippen molar-refractivity contribution < 1.29 is 4.79 Å². The fourth-order valence-corrected chi connectivity index (χ4v) is 4.62. The van der Waals surface area contributed by atoms with E-state index in [4.69, 9.17) is 11.6 Å². The number of anilines is 1. The van der Waals surface area contributed by atoms with Crippen LogP contribution in [0.2, 0.25) is 5.02 Å². The van der Waals surface area contributed by atoms with Gasteiger partial charge in [-0.1, -0.05) is 11.6 Å². The Balaban J connectivity index is 1.31. The number of benzene rings is 1. The van der Waals surface area contributed by atoms with Gasteiger partial charge in [0.25, 0.3) is 5.91 Å². The van der Waals surface area contributed by atoms with E-state index in [1.165, 1.54) is 19.3 Å². The Kier molecular flexibility index (Phi) is 5.67. The van der Waals surface area contributed by atoms with Crippen molar-refractivity contribution in [3.8, 4) is 0 Å². The lowest BCUT2D eigenvalue weighted by atomic mass is 9.98. The first kappa shape index (κ1) is 18.1. The van der Waals surface area contributed by atoms with Crippen molar-refractivity contribution >= 4 is 23.2 Å². The first-order valence-electron chi connectivity index (χ1n) is 10.0. The van der Waals surface area contributed by atoms with Gasteiger partial charge in [0, 0.05) is 37.9 Å². The summed E-state index contributed by atoms with van der Waals surface area (Å²) in [5, 5.41) is 7.55. The zero-order chi connectivity index (χ0) is 17.9. The van der Waals surface area contributed by atoms with Crippen LogP contribution in [0.25, 0.3) is 0 Å². The molecular formula is C20H29ClN4O. The Morgan fingerprint density at radius 1 is 1.12 bits per heavy atom. The average Bonchev–Trinajstić information content (AvgIpc) is 2.65. The standard InChI is InChI=1S/C20H29ClN4O/c21-19-12-15(4-5-18(19)20(26)24-10-2-1-3-11-24)23-16-13-25(14-16)17-6-8-22-9-7-17/h4-5,12,16-17,22-23H,1-3,6-11,13-14H2. The summed E-state index contributed by atoms with van der Waals surface area (Å²) in [6, 6.07) is 7.00. The average molecular weight is 377 g/mol. The van der Waals surface area contributed by atoms with Crippen molar-refractivity contribution in [2.45, 2.75) is 44.2 Å². The highest BCUT2D eigenvalue weighted by Crippen LogP contribution is 2.26. The molecule has 3 aliphatic heterocycles. The van der Waals surface area contributed by atoms with E-state index in [0.29, 0.717) is 16.6 Å². The molecule has 6 heteroatoms. The Bertz CT molecular complexity index is 635. The summed E-state index contributed by atoms with van der Waals surface area (Å²) < 4.78 is 0. The van der Waals surface area contributed by atoms with Gasteiger partial charge in [-0.25, -0.2) is 0 Å². The molecule has 3 heterocycles. The zero-order valence-electron chi connectivity index (χ0n) is 15.3. The molecule has 3 aliphatic rings. The van der Waals surface area contributed by atoms with Crippen LogP contribution in [0.3, 0.4) is 0 Å². The summed E-state index contributed by atoms with van der Waals surface area (Å²) in [6.45, 7) is 6.17. The molecule has 2 N–H and O–H groups in total. The third-order valence-electron chi connectivity index (χ3n) is 5.95. The third kappa shape index (κ3) is 4.00. The van der Waals surface area contributed by atoms with Crippen molar-refractivity contribution in [1.29, 1.82) is 0 Å². The summed E-state index contributed by atoms with van der Waals surface area (Å²) >= 11 is 6.43. The molecule has 3 fully saturated rings. The molecule has 3 saturated heterocycles. The van der Waals surface area contributed by atoms with E-state index in [2.05, 4.69) is 15.5 Å². The van der Waals surface area contributed by atoms with Gasteiger partial charge in [-0.3, -0.25) is 9.69 Å². The van der Waals surface area contributed by atoms with Crippen LogP contribution >= 0.6 is 11.6 Å². The second-order valence-electron chi connectivity index (χ2n) is 7.82. The highest BCUT2D eigenvalue weighted by Gasteiger charge is 2.32. The van der Waals surface area contributed by atoms with E-state index in [1.54, 1.807) is 0 Å². The number of piperidine rings is 2. The van der Waals surface area contributed by atoms with Crippen molar-refractivity contribution in [2.75, 3.05) is 44.6 Å². The number of nitrogens with zero attached hydrogens (tertiary/aromatic N) is 2. The first-order valence-corrected chi connectivity index (χ1v) is 10.4. The Hall–Kier alpha value is -1.30. The number of carbonyl (C=O) groups excluding carboxylic acids is 1. The number of halogens is 1. The van der Waals surface area contributed by atoms with Gasteiger partial charge in [-0.2, -0.15) is 0 Å². The van der Waals surface area contributed by atoms with E-state index in [0.717, 1.165) is 63.8 Å². The van der Waals surface area contributed by atoms with Gasteiger partial charge in [0.15, 0.2) is 0 Å². The topological polar surface area (TPSA) is 47.6 Å². The molecule has 1 amide bonds. The van der Waals surface area contributed by atoms with E-state index in [-0.39, 0.29) is 5.91 Å². The SMILES string of the molecule is O=C(c1ccc(NC2CN(C3CCNCC3)C2)cc1Cl)N1CCCCC1. The molecular weight excluding hydrogens is 348 g/mol. The highest BCUT2D eigenvalue weighted by atomic mass is 35.5. The van der Waals surface area contributed by atoms with Crippen LogP contribution in [0.5, 0.6) is 0 Å². The lowest BCUT2D eigenvalue weighted by molar-refractivity contribution is 0.0724. The van der Waals surface area contributed by atoms with Crippen LogP contribution in [-0.4, -0.2) is 67.1 Å². The van der Waals surface area contributed by atoms with Crippen molar-refractivity contribution in [3.05, 3.63) is 28.8 Å². The zero-order valence-corrected chi connectivity index (χ0v) is 16.1. The maximum Gasteiger partial charge on any atom is 0.255 e. The Morgan fingerprint density at radius 3 is 2.54 bits per heavy atom. The fraction of sp³-hybridized carbons (Fsp3) is 0.650. The van der Waals surface area contributed by atoms with Gasteiger partial charge in [0.1, 0.15) is 0 Å². The van der Waals surface area contributed by atoms with Gasteiger partial charge in [0.2, 0.25) is 0 Å². The lowest BCUT2D eigenvalue weighted by Gasteiger charge is -2.46. The van der Waals surface area contributed by atoms with Gasteiger partial charge in [-0.15, -0.1) is 0 Å². The summed E-state index contributed by atoms with van der Waals surface area (Å²) in [7, 11) is 0. The molecule has 0 unspecified atom stereocenters.